The molecule has 1 aromatic carbocycles. The molecule has 5 nitrogen and oxygen atoms in total. The van der Waals surface area contributed by atoms with Crippen LogP contribution in [0.1, 0.15) is 11.3 Å². The topological polar surface area (TPSA) is 64.8 Å². The lowest BCUT2D eigenvalue weighted by Crippen LogP contribution is -2.05. The Kier molecular flexibility index (Phi) is 3.17. The van der Waals surface area contributed by atoms with E-state index in [4.69, 9.17) is 10.7 Å². The van der Waals surface area contributed by atoms with Gasteiger partial charge in [-0.1, -0.05) is 18.2 Å². The average molecular weight is 272 g/mol. The molecule has 0 saturated carbocycles. The summed E-state index contributed by atoms with van der Waals surface area (Å²) >= 11 is 0. The van der Waals surface area contributed by atoms with Gasteiger partial charge in [0.2, 0.25) is 9.05 Å². The Bertz CT molecular complexity index is 637. The van der Waals surface area contributed by atoms with Gasteiger partial charge in [0, 0.05) is 10.7 Å². The maximum atomic E-state index is 11.1. The van der Waals surface area contributed by atoms with Crippen LogP contribution < -0.4 is 0 Å². The molecule has 0 saturated heterocycles. The molecule has 0 N–H and O–H groups in total. The van der Waals surface area contributed by atoms with Crippen molar-refractivity contribution in [2.75, 3.05) is 0 Å². The smallest absolute Gasteiger partial charge is 0.212 e. The van der Waals surface area contributed by atoms with Crippen LogP contribution in [-0.4, -0.2) is 23.4 Å². The molecule has 0 aliphatic heterocycles. The minimum absolute atomic E-state index is 0.245. The maximum Gasteiger partial charge on any atom is 0.236 e. The SMILES string of the molecule is Cc1cnn(-c2ccccc2CS(=O)(=O)Cl)n1. The molecule has 0 aliphatic carbocycles. The fraction of sp³-hybridized carbons (Fsp3) is 0.200. The van der Waals surface area contributed by atoms with Crippen LogP contribution in [0.3, 0.4) is 0 Å². The van der Waals surface area contributed by atoms with Gasteiger partial charge in [-0.05, 0) is 18.6 Å². The van der Waals surface area contributed by atoms with E-state index in [0.29, 0.717) is 11.3 Å². The summed E-state index contributed by atoms with van der Waals surface area (Å²) in [6.07, 6.45) is 1.60. The van der Waals surface area contributed by atoms with Crippen LogP contribution in [0.2, 0.25) is 0 Å². The van der Waals surface area contributed by atoms with Gasteiger partial charge in [0.15, 0.2) is 0 Å². The van der Waals surface area contributed by atoms with Gasteiger partial charge >= 0.3 is 0 Å². The highest BCUT2D eigenvalue weighted by Gasteiger charge is 2.13. The van der Waals surface area contributed by atoms with E-state index >= 15 is 0 Å². The Balaban J connectivity index is 2.48. The molecule has 0 unspecified atom stereocenters. The summed E-state index contributed by atoms with van der Waals surface area (Å²) in [6, 6.07) is 6.97. The zero-order chi connectivity index (χ0) is 12.5. The van der Waals surface area contributed by atoms with Crippen LogP contribution >= 0.6 is 10.7 Å². The van der Waals surface area contributed by atoms with Crippen molar-refractivity contribution in [3.63, 3.8) is 0 Å². The lowest BCUT2D eigenvalue weighted by atomic mass is 10.2. The van der Waals surface area contributed by atoms with Gasteiger partial charge in [0.05, 0.1) is 23.3 Å². The van der Waals surface area contributed by atoms with Crippen LogP contribution in [0, 0.1) is 6.92 Å². The number of rotatable bonds is 3. The summed E-state index contributed by atoms with van der Waals surface area (Å²) in [5.41, 5.74) is 1.94. The first-order valence-electron chi connectivity index (χ1n) is 4.85. The van der Waals surface area contributed by atoms with Crippen molar-refractivity contribution in [1.29, 1.82) is 0 Å². The van der Waals surface area contributed by atoms with Crippen molar-refractivity contribution in [2.24, 2.45) is 0 Å². The first kappa shape index (κ1) is 12.1. The average Bonchev–Trinajstić information content (AvgIpc) is 2.63. The number of para-hydroxylation sites is 1. The van der Waals surface area contributed by atoms with Gasteiger partial charge in [-0.25, -0.2) is 8.42 Å². The number of hydrogen-bond acceptors (Lipinski definition) is 4. The molecule has 0 spiro atoms. The Labute approximate surface area is 103 Å². The normalized spacial score (nSPS) is 11.6. The van der Waals surface area contributed by atoms with Crippen molar-refractivity contribution in [2.45, 2.75) is 12.7 Å². The lowest BCUT2D eigenvalue weighted by Gasteiger charge is -2.06. The molecule has 2 aromatic rings. The highest BCUT2D eigenvalue weighted by atomic mass is 35.7. The first-order valence-corrected chi connectivity index (χ1v) is 7.33. The first-order chi connectivity index (χ1) is 7.96. The Hall–Kier alpha value is -1.40. The summed E-state index contributed by atoms with van der Waals surface area (Å²) < 4.78 is 22.2. The van der Waals surface area contributed by atoms with Crippen LogP contribution in [0.25, 0.3) is 5.69 Å². The number of aryl methyl sites for hydroxylation is 1. The number of halogens is 1. The van der Waals surface area contributed by atoms with Gasteiger partial charge in [-0.2, -0.15) is 15.0 Å². The van der Waals surface area contributed by atoms with Gasteiger partial charge in [-0.15, -0.1) is 0 Å². The van der Waals surface area contributed by atoms with Crippen molar-refractivity contribution in [1.82, 2.24) is 15.0 Å². The van der Waals surface area contributed by atoms with E-state index in [-0.39, 0.29) is 5.75 Å². The van der Waals surface area contributed by atoms with Crippen LogP contribution in [-0.2, 0) is 14.8 Å². The van der Waals surface area contributed by atoms with E-state index in [9.17, 15) is 8.42 Å². The van der Waals surface area contributed by atoms with Crippen molar-refractivity contribution in [3.8, 4) is 5.69 Å². The van der Waals surface area contributed by atoms with Gasteiger partial charge in [0.25, 0.3) is 0 Å². The third-order valence-corrected chi connectivity index (χ3v) is 3.12. The summed E-state index contributed by atoms with van der Waals surface area (Å²) in [7, 11) is 1.66. The second-order valence-corrected chi connectivity index (χ2v) is 6.36. The maximum absolute atomic E-state index is 11.1. The molecule has 7 heteroatoms. The number of nitrogens with zero attached hydrogens (tertiary/aromatic N) is 3. The predicted molar refractivity (Wildman–Crippen MR) is 64.6 cm³/mol. The number of aromatic nitrogens is 3. The summed E-state index contributed by atoms with van der Waals surface area (Å²) in [6.45, 7) is 1.81. The molecule has 1 aromatic heterocycles. The Morgan fingerprint density at radius 2 is 2.06 bits per heavy atom. The Morgan fingerprint density at radius 1 is 1.35 bits per heavy atom. The van der Waals surface area contributed by atoms with Crippen LogP contribution in [0.15, 0.2) is 30.5 Å². The molecular formula is C10H10ClN3O2S. The van der Waals surface area contributed by atoms with E-state index in [1.54, 1.807) is 30.5 Å². The standard InChI is InChI=1S/C10H10ClN3O2S/c1-8-6-12-14(13-8)10-5-3-2-4-9(10)7-17(11,15)16/h2-6H,7H2,1H3. The van der Waals surface area contributed by atoms with Gasteiger partial charge < -0.3 is 0 Å². The second kappa shape index (κ2) is 4.46. The molecule has 0 radical (unpaired) electrons. The number of hydrogen-bond donors (Lipinski definition) is 0. The van der Waals surface area contributed by atoms with Crippen molar-refractivity contribution >= 4 is 19.7 Å². The summed E-state index contributed by atoms with van der Waals surface area (Å²) in [5, 5.41) is 8.18. The third-order valence-electron chi connectivity index (χ3n) is 2.14. The minimum Gasteiger partial charge on any atom is -0.212 e. The highest BCUT2D eigenvalue weighted by molar-refractivity contribution is 8.13. The molecule has 1 heterocycles. The van der Waals surface area contributed by atoms with Gasteiger partial charge in [0.1, 0.15) is 0 Å². The third kappa shape index (κ3) is 3.04. The Morgan fingerprint density at radius 3 is 2.65 bits per heavy atom. The fourth-order valence-electron chi connectivity index (χ4n) is 1.47. The quantitative estimate of drug-likeness (QED) is 0.796. The van der Waals surface area contributed by atoms with Crippen molar-refractivity contribution in [3.05, 3.63) is 41.7 Å². The highest BCUT2D eigenvalue weighted by Crippen LogP contribution is 2.17. The number of benzene rings is 1. The van der Waals surface area contributed by atoms with Crippen LogP contribution in [0.4, 0.5) is 0 Å². The second-order valence-electron chi connectivity index (χ2n) is 3.59. The molecule has 17 heavy (non-hydrogen) atoms. The van der Waals surface area contributed by atoms with E-state index < -0.39 is 9.05 Å². The molecular weight excluding hydrogens is 262 g/mol. The van der Waals surface area contributed by atoms with E-state index in [1.165, 1.54) is 4.80 Å². The summed E-state index contributed by atoms with van der Waals surface area (Å²) in [4.78, 5) is 1.40. The molecule has 0 amide bonds. The van der Waals surface area contributed by atoms with Gasteiger partial charge in [-0.3, -0.25) is 0 Å². The van der Waals surface area contributed by atoms with E-state index in [2.05, 4.69) is 10.2 Å². The molecule has 0 atom stereocenters. The zero-order valence-corrected chi connectivity index (χ0v) is 10.6. The van der Waals surface area contributed by atoms with E-state index in [1.807, 2.05) is 6.92 Å². The molecule has 0 fully saturated rings. The minimum atomic E-state index is -3.60. The molecule has 0 aliphatic rings. The molecule has 0 bridgehead atoms. The molecule has 90 valence electrons. The van der Waals surface area contributed by atoms with Crippen molar-refractivity contribution < 1.29 is 8.42 Å². The monoisotopic (exact) mass is 271 g/mol. The molecule has 2 rings (SSSR count). The van der Waals surface area contributed by atoms with Crippen LogP contribution in [0.5, 0.6) is 0 Å². The largest absolute Gasteiger partial charge is 0.236 e. The zero-order valence-electron chi connectivity index (χ0n) is 9.04. The summed E-state index contributed by atoms with van der Waals surface area (Å²) in [5.74, 6) is -0.245. The van der Waals surface area contributed by atoms with E-state index in [0.717, 1.165) is 5.69 Å². The fourth-order valence-corrected chi connectivity index (χ4v) is 2.44. The lowest BCUT2D eigenvalue weighted by molar-refractivity contribution is 0.608. The predicted octanol–water partition coefficient (Wildman–Crippen LogP) is 1.64.